The molecule has 230 valence electrons. The first-order chi connectivity index (χ1) is 20.0. The van der Waals surface area contributed by atoms with Gasteiger partial charge in [0.25, 0.3) is 0 Å². The Hall–Kier alpha value is -3.18. The summed E-state index contributed by atoms with van der Waals surface area (Å²) in [5.41, 5.74) is -0.00499. The number of esters is 1. The summed E-state index contributed by atoms with van der Waals surface area (Å²) >= 11 is 6.13. The molecule has 0 bridgehead atoms. The molecule has 0 saturated heterocycles. The normalized spacial score (nSPS) is 25.0. The number of pyridine rings is 2. The van der Waals surface area contributed by atoms with Gasteiger partial charge in [-0.3, -0.25) is 19.6 Å². The second kappa shape index (κ2) is 10.8. The molecule has 12 heteroatoms. The third-order valence-electron chi connectivity index (χ3n) is 8.26. The largest absolute Gasteiger partial charge is 0.460 e. The van der Waals surface area contributed by atoms with Gasteiger partial charge in [-0.25, -0.2) is 17.9 Å². The van der Waals surface area contributed by atoms with Gasteiger partial charge in [-0.1, -0.05) is 11.6 Å². The molecule has 5 heterocycles. The van der Waals surface area contributed by atoms with Crippen molar-refractivity contribution < 1.29 is 22.9 Å². The number of nitrogens with zero attached hydrogens (tertiary/aromatic N) is 5. The van der Waals surface area contributed by atoms with Gasteiger partial charge in [0.1, 0.15) is 34.0 Å². The van der Waals surface area contributed by atoms with Crippen LogP contribution in [0.25, 0.3) is 5.65 Å². The number of carbonyl (C=O) groups excluding carboxylic acids is 2. The summed E-state index contributed by atoms with van der Waals surface area (Å²) in [5, 5.41) is -0.136. The molecule has 2 aliphatic rings. The highest BCUT2D eigenvalue weighted by atomic mass is 35.5. The van der Waals surface area contributed by atoms with Gasteiger partial charge in [-0.2, -0.15) is 0 Å². The van der Waals surface area contributed by atoms with Gasteiger partial charge < -0.3 is 9.14 Å². The smallest absolute Gasteiger partial charge is 0.312 e. The van der Waals surface area contributed by atoms with E-state index in [4.69, 9.17) is 21.3 Å². The second-order valence-corrected chi connectivity index (χ2v) is 16.3. The first-order valence-electron chi connectivity index (χ1n) is 14.3. The number of aryl methyl sites for hydroxylation is 1. The molecule has 0 N–H and O–H groups in total. The summed E-state index contributed by atoms with van der Waals surface area (Å²) in [5.74, 6) is -1.44. The van der Waals surface area contributed by atoms with Crippen molar-refractivity contribution in [1.82, 2.24) is 14.4 Å². The van der Waals surface area contributed by atoms with Gasteiger partial charge in [-0.15, -0.1) is 0 Å². The fourth-order valence-electron chi connectivity index (χ4n) is 6.05. The molecule has 5 rings (SSSR count). The molecule has 0 saturated carbocycles. The van der Waals surface area contributed by atoms with E-state index in [1.165, 1.54) is 12.1 Å². The van der Waals surface area contributed by atoms with E-state index in [1.54, 1.807) is 71.2 Å². The van der Waals surface area contributed by atoms with Crippen molar-refractivity contribution >= 4 is 44.4 Å². The van der Waals surface area contributed by atoms with E-state index in [9.17, 15) is 13.8 Å². The Kier molecular flexibility index (Phi) is 7.82. The van der Waals surface area contributed by atoms with Crippen LogP contribution in [0.4, 0.5) is 4.39 Å². The maximum atomic E-state index is 15.7. The average Bonchev–Trinajstić information content (AvgIpc) is 3.23. The van der Waals surface area contributed by atoms with Crippen molar-refractivity contribution in [2.45, 2.75) is 95.3 Å². The summed E-state index contributed by atoms with van der Waals surface area (Å²) in [6.45, 7) is 12.8. The predicted molar refractivity (Wildman–Crippen MR) is 165 cm³/mol. The zero-order valence-corrected chi connectivity index (χ0v) is 27.1. The quantitative estimate of drug-likeness (QED) is 0.242. The number of rotatable bonds is 6. The molecule has 9 nitrogen and oxygen atoms in total. The maximum Gasteiger partial charge on any atom is 0.312 e. The molecule has 0 aromatic carbocycles. The number of aliphatic imine (C=N–C) groups is 1. The van der Waals surface area contributed by atoms with Crippen LogP contribution < -0.4 is 0 Å². The number of imidazole rings is 1. The highest BCUT2D eigenvalue weighted by Gasteiger charge is 2.57. The molecule has 3 aromatic heterocycles. The summed E-state index contributed by atoms with van der Waals surface area (Å²) < 4.78 is 41.4. The van der Waals surface area contributed by atoms with Crippen molar-refractivity contribution in [1.29, 1.82) is 0 Å². The van der Waals surface area contributed by atoms with Crippen LogP contribution >= 0.6 is 11.6 Å². The number of carbonyl (C=O) groups is 2. The Labute approximate surface area is 256 Å². The Morgan fingerprint density at radius 3 is 2.56 bits per heavy atom. The van der Waals surface area contributed by atoms with E-state index in [0.29, 0.717) is 47.2 Å². The number of fused-ring (bicyclic) bond motifs is 2. The summed E-state index contributed by atoms with van der Waals surface area (Å²) in [7, 11) is -3.04. The van der Waals surface area contributed by atoms with E-state index in [2.05, 4.69) is 14.3 Å². The molecule has 2 aliphatic heterocycles. The molecular weight excluding hydrogens is 593 g/mol. The minimum Gasteiger partial charge on any atom is -0.460 e. The Morgan fingerprint density at radius 1 is 1.14 bits per heavy atom. The number of aromatic nitrogens is 3. The zero-order chi connectivity index (χ0) is 31.5. The van der Waals surface area contributed by atoms with Gasteiger partial charge in [0.05, 0.1) is 43.3 Å². The molecule has 0 fully saturated rings. The van der Waals surface area contributed by atoms with E-state index in [1.807, 2.05) is 0 Å². The van der Waals surface area contributed by atoms with Crippen molar-refractivity contribution in [3.8, 4) is 0 Å². The van der Waals surface area contributed by atoms with Gasteiger partial charge in [0.15, 0.2) is 5.78 Å². The lowest BCUT2D eigenvalue weighted by Crippen LogP contribution is -2.59. The fourth-order valence-corrected chi connectivity index (χ4v) is 9.55. The SMILES string of the molecule is Cc1c(C(=O)Cc2ccc(F)c([C@@]3(C)N=C(CC(=O)OC(C)(C)C)C(C)(C)[S@@]4(=O)=NCCC[C@H]34)n2)nc2ccc(Cl)cn12. The predicted octanol–water partition coefficient (Wildman–Crippen LogP) is 6.07. The third-order valence-corrected chi connectivity index (χ3v) is 12.2. The standard InChI is InChI=1S/C31H37ClFN5O4S/c1-18-27(36-25-13-10-19(32)17-38(18)25)22(39)15-20-11-12-21(33)28(35-20)31(7)24-9-8-14-34-43(24,41)30(5,6)23(37-31)16-26(40)42-29(2,3)4/h10-13,17,24H,8-9,14-16H2,1-7H3/t24-,31+,43-/m1/s1. The first kappa shape index (κ1) is 31.3. The topological polar surface area (TPSA) is 115 Å². The molecule has 3 atom stereocenters. The van der Waals surface area contributed by atoms with Gasteiger partial charge in [0.2, 0.25) is 0 Å². The van der Waals surface area contributed by atoms with Crippen molar-refractivity contribution in [2.24, 2.45) is 9.36 Å². The first-order valence-corrected chi connectivity index (χ1v) is 16.3. The average molecular weight is 630 g/mol. The molecule has 0 aliphatic carbocycles. The van der Waals surface area contributed by atoms with Crippen LogP contribution in [-0.2, 0) is 31.2 Å². The molecular formula is C31H37ClFN5O4S. The third kappa shape index (κ3) is 5.50. The fraction of sp³-hybridized carbons (Fsp3) is 0.516. The molecule has 0 unspecified atom stereocenters. The van der Waals surface area contributed by atoms with Crippen LogP contribution in [0.2, 0.25) is 5.02 Å². The van der Waals surface area contributed by atoms with Gasteiger partial charge in [0, 0.05) is 24.1 Å². The van der Waals surface area contributed by atoms with Crippen molar-refractivity contribution in [2.75, 3.05) is 6.54 Å². The van der Waals surface area contributed by atoms with Gasteiger partial charge in [-0.05, 0) is 85.6 Å². The lowest BCUT2D eigenvalue weighted by molar-refractivity contribution is -0.153. The second-order valence-electron chi connectivity index (χ2n) is 12.9. The van der Waals surface area contributed by atoms with E-state index in [-0.39, 0.29) is 30.0 Å². The minimum atomic E-state index is -3.04. The molecule has 43 heavy (non-hydrogen) atoms. The highest BCUT2D eigenvalue weighted by Crippen LogP contribution is 2.48. The summed E-state index contributed by atoms with van der Waals surface area (Å²) in [4.78, 5) is 40.4. The van der Waals surface area contributed by atoms with E-state index >= 15 is 4.39 Å². The Morgan fingerprint density at radius 2 is 1.86 bits per heavy atom. The van der Waals surface area contributed by atoms with Crippen LogP contribution in [0.5, 0.6) is 0 Å². The number of hydrogen-bond acceptors (Lipinski definition) is 8. The van der Waals surface area contributed by atoms with Crippen LogP contribution in [0.15, 0.2) is 39.8 Å². The number of Topliss-reactive ketones (excluding diaryl/α,β-unsaturated/α-hetero) is 1. The van der Waals surface area contributed by atoms with Crippen LogP contribution in [0.1, 0.15) is 88.4 Å². The van der Waals surface area contributed by atoms with Crippen molar-refractivity contribution in [3.05, 3.63) is 64.1 Å². The van der Waals surface area contributed by atoms with E-state index < -0.39 is 42.7 Å². The number of ketones is 1. The van der Waals surface area contributed by atoms with Gasteiger partial charge >= 0.3 is 5.97 Å². The molecule has 0 radical (unpaired) electrons. The van der Waals surface area contributed by atoms with Crippen LogP contribution in [0, 0.1) is 12.7 Å². The molecule has 0 amide bonds. The summed E-state index contributed by atoms with van der Waals surface area (Å²) in [6, 6.07) is 6.15. The minimum absolute atomic E-state index is 0.0247. The van der Waals surface area contributed by atoms with Crippen LogP contribution in [-0.4, -0.2) is 58.2 Å². The monoisotopic (exact) mass is 629 g/mol. The number of hydrogen-bond donors (Lipinski definition) is 0. The number of ether oxygens (including phenoxy) is 1. The van der Waals surface area contributed by atoms with Crippen molar-refractivity contribution in [3.63, 3.8) is 0 Å². The Balaban J connectivity index is 1.57. The van der Waals surface area contributed by atoms with E-state index in [0.717, 1.165) is 0 Å². The highest BCUT2D eigenvalue weighted by molar-refractivity contribution is 7.96. The maximum absolute atomic E-state index is 15.7. The zero-order valence-electron chi connectivity index (χ0n) is 25.5. The lowest BCUT2D eigenvalue weighted by atomic mass is 9.87. The number of halogens is 2. The Bertz CT molecular complexity index is 1800. The molecule has 3 aromatic rings. The van der Waals surface area contributed by atoms with Crippen LogP contribution in [0.3, 0.4) is 0 Å². The molecule has 0 spiro atoms. The lowest BCUT2D eigenvalue weighted by Gasteiger charge is -2.48. The summed E-state index contributed by atoms with van der Waals surface area (Å²) in [6.07, 6.45) is 2.51.